The van der Waals surface area contributed by atoms with Gasteiger partial charge >= 0.3 is 0 Å². The Morgan fingerprint density at radius 1 is 1.22 bits per heavy atom. The molecule has 0 atom stereocenters. The van der Waals surface area contributed by atoms with E-state index in [-0.39, 0.29) is 11.7 Å². The molecule has 0 saturated heterocycles. The summed E-state index contributed by atoms with van der Waals surface area (Å²) in [4.78, 5) is 18.5. The first kappa shape index (κ1) is 20.8. The molecule has 0 unspecified atom stereocenters. The van der Waals surface area contributed by atoms with Crippen LogP contribution in [0.1, 0.15) is 27.9 Å². The zero-order valence-electron chi connectivity index (χ0n) is 16.5. The summed E-state index contributed by atoms with van der Waals surface area (Å²) in [6.07, 6.45) is 0. The number of carbonyl (C=O) groups is 1. The number of likely N-dealkylation sites (N-methyl/N-ethyl adjacent to an activating group) is 1. The minimum Gasteiger partial charge on any atom is -0.491 e. The summed E-state index contributed by atoms with van der Waals surface area (Å²) in [5.74, 6) is 1.06. The van der Waals surface area contributed by atoms with Crippen molar-refractivity contribution in [1.82, 2.24) is 9.88 Å². The van der Waals surface area contributed by atoms with Gasteiger partial charge in [0, 0.05) is 12.7 Å². The Kier molecular flexibility index (Phi) is 7.26. The van der Waals surface area contributed by atoms with Crippen LogP contribution in [0, 0.1) is 39.0 Å². The molecule has 0 bridgehead atoms. The van der Waals surface area contributed by atoms with E-state index in [1.807, 2.05) is 52.0 Å². The smallest absolute Gasteiger partial charge is 0.232 e. The molecule has 0 fully saturated rings. The number of hydrogen-bond donors (Lipinski definition) is 0. The van der Waals surface area contributed by atoms with Gasteiger partial charge in [0.2, 0.25) is 5.91 Å². The summed E-state index contributed by atoms with van der Waals surface area (Å²) in [5.41, 5.74) is 4.47. The number of benzene rings is 1. The molecule has 0 N–H and O–H groups in total. The van der Waals surface area contributed by atoms with E-state index >= 15 is 0 Å². The van der Waals surface area contributed by atoms with Gasteiger partial charge in [-0.05, 0) is 50.5 Å². The number of nitriles is 1. The van der Waals surface area contributed by atoms with Gasteiger partial charge in [0.15, 0.2) is 0 Å². The van der Waals surface area contributed by atoms with Gasteiger partial charge in [-0.2, -0.15) is 5.26 Å². The predicted octanol–water partition coefficient (Wildman–Crippen LogP) is 3.82. The van der Waals surface area contributed by atoms with E-state index in [1.165, 1.54) is 11.8 Å². The van der Waals surface area contributed by atoms with Crippen LogP contribution in [0.4, 0.5) is 0 Å². The van der Waals surface area contributed by atoms with Gasteiger partial charge < -0.3 is 9.64 Å². The van der Waals surface area contributed by atoms with E-state index in [1.54, 1.807) is 11.9 Å². The average Bonchev–Trinajstić information content (AvgIpc) is 2.65. The van der Waals surface area contributed by atoms with Gasteiger partial charge in [-0.1, -0.05) is 30.0 Å². The highest BCUT2D eigenvalue weighted by Crippen LogP contribution is 2.26. The van der Waals surface area contributed by atoms with Gasteiger partial charge in [0.1, 0.15) is 23.5 Å². The predicted molar refractivity (Wildman–Crippen MR) is 108 cm³/mol. The van der Waals surface area contributed by atoms with Crippen molar-refractivity contribution in [3.63, 3.8) is 0 Å². The van der Waals surface area contributed by atoms with Crippen LogP contribution < -0.4 is 4.74 Å². The second kappa shape index (κ2) is 9.43. The summed E-state index contributed by atoms with van der Waals surface area (Å²) in [6.45, 7) is 8.72. The lowest BCUT2D eigenvalue weighted by molar-refractivity contribution is -0.127. The molecular weight excluding hydrogens is 358 g/mol. The molecule has 27 heavy (non-hydrogen) atoms. The minimum atomic E-state index is -0.0186. The van der Waals surface area contributed by atoms with Crippen LogP contribution in [0.2, 0.25) is 0 Å². The number of hydrogen-bond acceptors (Lipinski definition) is 5. The average molecular weight is 384 g/mol. The highest BCUT2D eigenvalue weighted by atomic mass is 32.2. The number of amides is 1. The number of pyridine rings is 1. The number of thioether (sulfide) groups is 1. The largest absolute Gasteiger partial charge is 0.491 e. The highest BCUT2D eigenvalue weighted by molar-refractivity contribution is 8.00. The maximum atomic E-state index is 12.4. The zero-order chi connectivity index (χ0) is 20.0. The quantitative estimate of drug-likeness (QED) is 0.680. The molecule has 0 aliphatic rings. The van der Waals surface area contributed by atoms with Crippen molar-refractivity contribution < 1.29 is 9.53 Å². The molecule has 0 spiro atoms. The number of aromatic nitrogens is 1. The molecule has 0 aliphatic heterocycles. The molecular formula is C21H25N3O2S. The Morgan fingerprint density at radius 2 is 1.93 bits per heavy atom. The maximum Gasteiger partial charge on any atom is 0.232 e. The Morgan fingerprint density at radius 3 is 2.59 bits per heavy atom. The van der Waals surface area contributed by atoms with Gasteiger partial charge in [-0.15, -0.1) is 0 Å². The first-order chi connectivity index (χ1) is 12.8. The lowest BCUT2D eigenvalue weighted by atomic mass is 10.1. The minimum absolute atomic E-state index is 0.0186. The van der Waals surface area contributed by atoms with E-state index < -0.39 is 0 Å². The second-order valence-corrected chi connectivity index (χ2v) is 7.42. The van der Waals surface area contributed by atoms with Crippen LogP contribution in [0.15, 0.2) is 29.3 Å². The molecule has 1 aromatic carbocycles. The first-order valence-electron chi connectivity index (χ1n) is 8.78. The molecule has 0 aliphatic carbocycles. The number of ether oxygens (including phenoxy) is 1. The Hall–Kier alpha value is -2.52. The molecule has 0 saturated carbocycles. The fourth-order valence-corrected chi connectivity index (χ4v) is 3.55. The van der Waals surface area contributed by atoms with Crippen LogP contribution in [0.3, 0.4) is 0 Å². The number of carbonyl (C=O) groups excluding carboxylic acids is 1. The van der Waals surface area contributed by atoms with Crippen molar-refractivity contribution in [3.05, 3.63) is 52.2 Å². The Balaban J connectivity index is 1.90. The SMILES string of the molecule is Cc1ccccc1OCCN(C)C(=O)CSc1nc(C)c(C)c(C)c1C#N. The van der Waals surface area contributed by atoms with E-state index in [4.69, 9.17) is 4.74 Å². The van der Waals surface area contributed by atoms with Gasteiger partial charge in [-0.25, -0.2) is 4.98 Å². The molecule has 0 radical (unpaired) electrons. The van der Waals surface area contributed by atoms with Crippen LogP contribution >= 0.6 is 11.8 Å². The first-order valence-corrected chi connectivity index (χ1v) is 9.76. The number of nitrogens with zero attached hydrogens (tertiary/aromatic N) is 3. The monoisotopic (exact) mass is 383 g/mol. The molecule has 2 rings (SSSR count). The molecule has 1 heterocycles. The fourth-order valence-electron chi connectivity index (χ4n) is 2.52. The molecule has 6 heteroatoms. The summed E-state index contributed by atoms with van der Waals surface area (Å²) < 4.78 is 5.75. The highest BCUT2D eigenvalue weighted by Gasteiger charge is 2.16. The molecule has 142 valence electrons. The summed E-state index contributed by atoms with van der Waals surface area (Å²) >= 11 is 1.31. The fraction of sp³-hybridized carbons (Fsp3) is 0.381. The van der Waals surface area contributed by atoms with Crippen molar-refractivity contribution in [2.45, 2.75) is 32.7 Å². The molecule has 1 aromatic heterocycles. The Bertz CT molecular complexity index is 874. The van der Waals surface area contributed by atoms with Crippen LogP contribution in [0.5, 0.6) is 5.75 Å². The van der Waals surface area contributed by atoms with E-state index in [2.05, 4.69) is 11.1 Å². The van der Waals surface area contributed by atoms with E-state index in [9.17, 15) is 10.1 Å². The second-order valence-electron chi connectivity index (χ2n) is 6.46. The molecule has 1 amide bonds. The third kappa shape index (κ3) is 5.24. The van der Waals surface area contributed by atoms with Crippen LogP contribution in [-0.2, 0) is 4.79 Å². The number of para-hydroxylation sites is 1. The van der Waals surface area contributed by atoms with Crippen molar-refractivity contribution in [2.24, 2.45) is 0 Å². The lowest BCUT2D eigenvalue weighted by Crippen LogP contribution is -2.32. The number of rotatable bonds is 7. The van der Waals surface area contributed by atoms with E-state index in [0.717, 1.165) is 28.1 Å². The van der Waals surface area contributed by atoms with Crippen molar-refractivity contribution >= 4 is 17.7 Å². The normalized spacial score (nSPS) is 10.4. The third-order valence-corrected chi connectivity index (χ3v) is 5.57. The molecule has 5 nitrogen and oxygen atoms in total. The zero-order valence-corrected chi connectivity index (χ0v) is 17.3. The maximum absolute atomic E-state index is 12.4. The number of aryl methyl sites for hydroxylation is 2. The van der Waals surface area contributed by atoms with Crippen molar-refractivity contribution in [1.29, 1.82) is 5.26 Å². The lowest BCUT2D eigenvalue weighted by Gasteiger charge is -2.18. The van der Waals surface area contributed by atoms with Crippen molar-refractivity contribution in [3.8, 4) is 11.8 Å². The van der Waals surface area contributed by atoms with E-state index in [0.29, 0.717) is 23.7 Å². The third-order valence-electron chi connectivity index (χ3n) is 4.61. The topological polar surface area (TPSA) is 66.2 Å². The van der Waals surface area contributed by atoms with Crippen molar-refractivity contribution in [2.75, 3.05) is 26.0 Å². The van der Waals surface area contributed by atoms with Gasteiger partial charge in [0.05, 0.1) is 17.9 Å². The van der Waals surface area contributed by atoms with Gasteiger partial charge in [0.25, 0.3) is 0 Å². The standard InChI is InChI=1S/C21H25N3O2S/c1-14-8-6-7-9-19(14)26-11-10-24(5)20(25)13-27-21-18(12-22)16(3)15(2)17(4)23-21/h6-9H,10-11,13H2,1-5H3. The molecule has 2 aromatic rings. The summed E-state index contributed by atoms with van der Waals surface area (Å²) in [7, 11) is 1.76. The van der Waals surface area contributed by atoms with Crippen LogP contribution in [0.25, 0.3) is 0 Å². The summed E-state index contributed by atoms with van der Waals surface area (Å²) in [5, 5.41) is 10.0. The van der Waals surface area contributed by atoms with Crippen LogP contribution in [-0.4, -0.2) is 41.7 Å². The Labute approximate surface area is 165 Å². The summed E-state index contributed by atoms with van der Waals surface area (Å²) in [6, 6.07) is 10.0. The van der Waals surface area contributed by atoms with Gasteiger partial charge in [-0.3, -0.25) is 4.79 Å².